The Bertz CT molecular complexity index is 756. The highest BCUT2D eigenvalue weighted by Crippen LogP contribution is 2.85. The van der Waals surface area contributed by atoms with Crippen LogP contribution in [-0.4, -0.2) is 30.1 Å². The molecule has 4 nitrogen and oxygen atoms in total. The molecule has 0 amide bonds. The maximum Gasteiger partial charge on any atom is 0.312 e. The molecule has 7 atom stereocenters. The molecule has 1 saturated heterocycles. The number of rotatable bonds is 5. The van der Waals surface area contributed by atoms with Crippen LogP contribution in [0.1, 0.15) is 106 Å². The lowest BCUT2D eigenvalue weighted by Crippen LogP contribution is -2.73. The Morgan fingerprint density at radius 3 is 2.29 bits per heavy atom. The van der Waals surface area contributed by atoms with Gasteiger partial charge in [-0.3, -0.25) is 4.79 Å². The Kier molecular flexibility index (Phi) is 4.65. The van der Waals surface area contributed by atoms with E-state index in [4.69, 9.17) is 14.2 Å². The summed E-state index contributed by atoms with van der Waals surface area (Å²) in [5.74, 6) is 1.42. The summed E-state index contributed by atoms with van der Waals surface area (Å²) >= 11 is 0. The first kappa shape index (κ1) is 22.2. The summed E-state index contributed by atoms with van der Waals surface area (Å²) in [5, 5.41) is 0. The average molecular weight is 433 g/mol. The molecule has 0 aromatic heterocycles. The predicted molar refractivity (Wildman–Crippen MR) is 120 cm³/mol. The second kappa shape index (κ2) is 6.50. The fourth-order valence-electron chi connectivity index (χ4n) is 8.45. The van der Waals surface area contributed by atoms with Crippen molar-refractivity contribution < 1.29 is 19.0 Å². The van der Waals surface area contributed by atoms with Gasteiger partial charge in [-0.15, -0.1) is 0 Å². The Balaban J connectivity index is 1.39. The van der Waals surface area contributed by atoms with E-state index < -0.39 is 5.41 Å². The lowest BCUT2D eigenvalue weighted by Gasteiger charge is -2.71. The van der Waals surface area contributed by atoms with Gasteiger partial charge < -0.3 is 14.2 Å². The average Bonchev–Trinajstić information content (AvgIpc) is 3.04. The molecule has 1 aliphatic heterocycles. The second-order valence-corrected chi connectivity index (χ2v) is 14.2. The first-order chi connectivity index (χ1) is 14.2. The molecule has 1 spiro atoms. The molecule has 5 aliphatic rings. The highest BCUT2D eigenvalue weighted by Gasteiger charge is 2.87. The Hall–Kier alpha value is -0.610. The fraction of sp³-hybridized carbons (Fsp3) is 0.963. The van der Waals surface area contributed by atoms with Crippen LogP contribution in [0.3, 0.4) is 0 Å². The quantitative estimate of drug-likeness (QED) is 0.481. The van der Waals surface area contributed by atoms with Crippen molar-refractivity contribution in [3.8, 4) is 0 Å². The molecular formula is C27H44O4. The van der Waals surface area contributed by atoms with E-state index in [1.165, 1.54) is 12.8 Å². The van der Waals surface area contributed by atoms with E-state index >= 15 is 0 Å². The normalized spacial score (nSPS) is 45.3. The van der Waals surface area contributed by atoms with Crippen LogP contribution in [0.2, 0.25) is 0 Å². The Morgan fingerprint density at radius 1 is 1.00 bits per heavy atom. The van der Waals surface area contributed by atoms with Gasteiger partial charge in [-0.05, 0) is 81.0 Å². The van der Waals surface area contributed by atoms with Gasteiger partial charge in [0, 0.05) is 18.4 Å². The summed E-state index contributed by atoms with van der Waals surface area (Å²) in [6, 6.07) is 0. The van der Waals surface area contributed by atoms with Crippen LogP contribution in [-0.2, 0) is 19.0 Å². The molecule has 0 aromatic rings. The minimum atomic E-state index is -0.511. The molecule has 176 valence electrons. The molecule has 31 heavy (non-hydrogen) atoms. The Labute approximate surface area is 189 Å². The van der Waals surface area contributed by atoms with Crippen molar-refractivity contribution >= 4 is 5.97 Å². The van der Waals surface area contributed by atoms with Crippen LogP contribution >= 0.6 is 0 Å². The van der Waals surface area contributed by atoms with Crippen molar-refractivity contribution in [3.05, 3.63) is 0 Å². The number of hydrogen-bond donors (Lipinski definition) is 0. The van der Waals surface area contributed by atoms with Gasteiger partial charge in [-0.2, -0.15) is 0 Å². The van der Waals surface area contributed by atoms with Crippen molar-refractivity contribution in [2.75, 3.05) is 6.61 Å². The number of fused-ring (bicyclic) bond motifs is 1. The third kappa shape index (κ3) is 3.02. The second-order valence-electron chi connectivity index (χ2n) is 14.2. The first-order valence-corrected chi connectivity index (χ1v) is 12.8. The summed E-state index contributed by atoms with van der Waals surface area (Å²) in [7, 11) is 0. The van der Waals surface area contributed by atoms with Crippen LogP contribution in [0.4, 0.5) is 0 Å². The maximum atomic E-state index is 13.9. The van der Waals surface area contributed by atoms with Crippen molar-refractivity contribution in [2.24, 2.45) is 33.5 Å². The molecule has 1 heterocycles. The smallest absolute Gasteiger partial charge is 0.312 e. The molecule has 0 N–H and O–H groups in total. The van der Waals surface area contributed by atoms with E-state index in [0.717, 1.165) is 57.5 Å². The summed E-state index contributed by atoms with van der Waals surface area (Å²) < 4.78 is 19.4. The van der Waals surface area contributed by atoms with Crippen LogP contribution in [0.15, 0.2) is 0 Å². The van der Waals surface area contributed by atoms with Gasteiger partial charge in [-0.25, -0.2) is 0 Å². The van der Waals surface area contributed by atoms with E-state index in [9.17, 15) is 4.79 Å². The Morgan fingerprint density at radius 2 is 1.71 bits per heavy atom. The van der Waals surface area contributed by atoms with E-state index in [0.29, 0.717) is 5.92 Å². The number of carbonyl (C=O) groups excluding carboxylic acids is 1. The van der Waals surface area contributed by atoms with Crippen molar-refractivity contribution in [2.45, 2.75) is 124 Å². The monoisotopic (exact) mass is 432 g/mol. The zero-order chi connectivity index (χ0) is 22.5. The molecule has 4 saturated carbocycles. The molecule has 5 fully saturated rings. The number of esters is 1. The third-order valence-corrected chi connectivity index (χ3v) is 10.1. The van der Waals surface area contributed by atoms with Gasteiger partial charge in [0.15, 0.2) is 6.29 Å². The molecular weight excluding hydrogens is 388 g/mol. The van der Waals surface area contributed by atoms with E-state index in [1.807, 2.05) is 0 Å². The van der Waals surface area contributed by atoms with Gasteiger partial charge in [-0.1, -0.05) is 41.5 Å². The SMILES string of the molecule is CC(C)(C)CC(C)(C(=O)OC12CC3CC4CC(OC5CCCCO5)(C1)CC432)C(C)(C)C. The molecule has 4 heteroatoms. The lowest BCUT2D eigenvalue weighted by molar-refractivity contribution is -0.307. The zero-order valence-corrected chi connectivity index (χ0v) is 20.9. The van der Waals surface area contributed by atoms with E-state index in [-0.39, 0.29) is 39.7 Å². The largest absolute Gasteiger partial charge is 0.458 e. The molecule has 4 aliphatic carbocycles. The highest BCUT2D eigenvalue weighted by molar-refractivity contribution is 5.78. The number of hydrogen-bond acceptors (Lipinski definition) is 4. The van der Waals surface area contributed by atoms with Crippen LogP contribution < -0.4 is 0 Å². The van der Waals surface area contributed by atoms with Crippen molar-refractivity contribution in [3.63, 3.8) is 0 Å². The van der Waals surface area contributed by atoms with Crippen LogP contribution in [0.5, 0.6) is 0 Å². The number of ether oxygens (including phenoxy) is 3. The summed E-state index contributed by atoms with van der Waals surface area (Å²) in [5.41, 5.74) is -0.846. The van der Waals surface area contributed by atoms with Gasteiger partial charge in [0.1, 0.15) is 5.60 Å². The standard InChI is InChI=1S/C27H44O4/c1-22(2,3)15-24(7,23(4,5)6)21(28)31-26-14-19-12-18-13-25(16-26,17-27(18,19)26)30-20-10-8-9-11-29-20/h18-20H,8-17H2,1-7H3. The molecule has 0 radical (unpaired) electrons. The van der Waals surface area contributed by atoms with Gasteiger partial charge in [0.25, 0.3) is 0 Å². The minimum absolute atomic E-state index is 0.0185. The molecule has 5 rings (SSSR count). The maximum absolute atomic E-state index is 13.9. The third-order valence-electron chi connectivity index (χ3n) is 10.1. The molecule has 2 bridgehead atoms. The van der Waals surface area contributed by atoms with Crippen molar-refractivity contribution in [1.29, 1.82) is 0 Å². The predicted octanol–water partition coefficient (Wildman–Crippen LogP) is 6.26. The minimum Gasteiger partial charge on any atom is -0.458 e. The van der Waals surface area contributed by atoms with Crippen molar-refractivity contribution in [1.82, 2.24) is 0 Å². The van der Waals surface area contributed by atoms with Crippen LogP contribution in [0, 0.1) is 33.5 Å². The lowest BCUT2D eigenvalue weighted by atomic mass is 9.36. The zero-order valence-electron chi connectivity index (χ0n) is 20.9. The first-order valence-electron chi connectivity index (χ1n) is 12.8. The number of carbonyl (C=O) groups is 1. The van der Waals surface area contributed by atoms with Crippen LogP contribution in [0.25, 0.3) is 0 Å². The van der Waals surface area contributed by atoms with E-state index in [2.05, 4.69) is 48.5 Å². The summed E-state index contributed by atoms with van der Waals surface area (Å²) in [6.45, 7) is 16.2. The topological polar surface area (TPSA) is 44.8 Å². The summed E-state index contributed by atoms with van der Waals surface area (Å²) in [6.07, 6.45) is 9.54. The molecule has 0 aromatic carbocycles. The van der Waals surface area contributed by atoms with Gasteiger partial charge in [0.2, 0.25) is 0 Å². The molecule has 7 unspecified atom stereocenters. The highest BCUT2D eigenvalue weighted by atomic mass is 16.7. The van der Waals surface area contributed by atoms with Gasteiger partial charge >= 0.3 is 5.97 Å². The summed E-state index contributed by atoms with van der Waals surface area (Å²) in [4.78, 5) is 13.9. The van der Waals surface area contributed by atoms with E-state index in [1.54, 1.807) is 0 Å². The fourth-order valence-corrected chi connectivity index (χ4v) is 8.45. The van der Waals surface area contributed by atoms with Gasteiger partial charge in [0.05, 0.1) is 11.0 Å².